The van der Waals surface area contributed by atoms with E-state index < -0.39 is 5.41 Å². The molecule has 0 saturated carbocycles. The van der Waals surface area contributed by atoms with Crippen molar-refractivity contribution in [3.8, 4) is 0 Å². The predicted molar refractivity (Wildman–Crippen MR) is 76.5 cm³/mol. The van der Waals surface area contributed by atoms with E-state index in [1.54, 1.807) is 14.1 Å². The van der Waals surface area contributed by atoms with E-state index >= 15 is 0 Å². The van der Waals surface area contributed by atoms with Crippen molar-refractivity contribution in [3.05, 3.63) is 35.9 Å². The second-order valence-electron chi connectivity index (χ2n) is 4.64. The minimum atomic E-state index is -1.16. The maximum absolute atomic E-state index is 12.6. The molecule has 19 heavy (non-hydrogen) atoms. The summed E-state index contributed by atoms with van der Waals surface area (Å²) < 4.78 is 0. The summed E-state index contributed by atoms with van der Waals surface area (Å²) in [5, 5.41) is 0.245. The molecule has 4 nitrogen and oxygen atoms in total. The molecule has 1 aliphatic rings. The van der Waals surface area contributed by atoms with Gasteiger partial charge in [-0.05, 0) is 24.2 Å². The maximum atomic E-state index is 12.6. The van der Waals surface area contributed by atoms with Crippen LogP contribution in [0.3, 0.4) is 0 Å². The molecule has 0 radical (unpaired) electrons. The fourth-order valence-electron chi connectivity index (χ4n) is 2.54. The van der Waals surface area contributed by atoms with Crippen LogP contribution in [0.15, 0.2) is 30.3 Å². The molecule has 0 aliphatic carbocycles. The Morgan fingerprint density at radius 2 is 1.53 bits per heavy atom. The molecular weight excluding hydrogens is 260 g/mol. The van der Waals surface area contributed by atoms with Gasteiger partial charge in [0.15, 0.2) is 10.5 Å². The number of thiocarbonyl (C=S) groups is 1. The first kappa shape index (κ1) is 13.7. The van der Waals surface area contributed by atoms with E-state index in [-0.39, 0.29) is 16.9 Å². The highest BCUT2D eigenvalue weighted by molar-refractivity contribution is 7.80. The van der Waals surface area contributed by atoms with Crippen LogP contribution < -0.4 is 0 Å². The van der Waals surface area contributed by atoms with Crippen LogP contribution >= 0.6 is 12.2 Å². The van der Waals surface area contributed by atoms with Crippen LogP contribution in [-0.2, 0) is 15.0 Å². The van der Waals surface area contributed by atoms with Crippen LogP contribution in [0.5, 0.6) is 0 Å². The van der Waals surface area contributed by atoms with Crippen molar-refractivity contribution in [2.45, 2.75) is 18.8 Å². The zero-order valence-electron chi connectivity index (χ0n) is 11.2. The Balaban J connectivity index is 2.64. The van der Waals surface area contributed by atoms with Gasteiger partial charge in [-0.25, -0.2) is 0 Å². The smallest absolute Gasteiger partial charge is 0.248 e. The summed E-state index contributed by atoms with van der Waals surface area (Å²) in [5.41, 5.74) is -0.443. The maximum Gasteiger partial charge on any atom is 0.248 e. The monoisotopic (exact) mass is 276 g/mol. The molecule has 0 atom stereocenters. The zero-order chi connectivity index (χ0) is 14.2. The molecular formula is C14H16N2O2S. The normalized spacial score (nSPS) is 19.0. The summed E-state index contributed by atoms with van der Waals surface area (Å²) in [4.78, 5) is 28.0. The minimum absolute atomic E-state index is 0.245. The Kier molecular flexibility index (Phi) is 3.41. The number of nitrogens with zero attached hydrogens (tertiary/aromatic N) is 2. The van der Waals surface area contributed by atoms with Crippen LogP contribution in [0.2, 0.25) is 0 Å². The van der Waals surface area contributed by atoms with Gasteiger partial charge in [0.05, 0.1) is 0 Å². The van der Waals surface area contributed by atoms with E-state index in [1.165, 1.54) is 9.80 Å². The first-order chi connectivity index (χ1) is 8.96. The molecule has 0 unspecified atom stereocenters. The number of benzene rings is 1. The molecule has 1 heterocycles. The van der Waals surface area contributed by atoms with Gasteiger partial charge in [-0.3, -0.25) is 19.4 Å². The van der Waals surface area contributed by atoms with Crippen molar-refractivity contribution in [1.29, 1.82) is 0 Å². The Morgan fingerprint density at radius 3 is 1.95 bits per heavy atom. The van der Waals surface area contributed by atoms with E-state index in [2.05, 4.69) is 0 Å². The fourth-order valence-corrected chi connectivity index (χ4v) is 2.70. The number of carbonyl (C=O) groups excluding carboxylic acids is 2. The van der Waals surface area contributed by atoms with Gasteiger partial charge in [-0.15, -0.1) is 0 Å². The van der Waals surface area contributed by atoms with Gasteiger partial charge >= 0.3 is 0 Å². The zero-order valence-corrected chi connectivity index (χ0v) is 12.0. The lowest BCUT2D eigenvalue weighted by atomic mass is 9.74. The van der Waals surface area contributed by atoms with Crippen LogP contribution in [0.1, 0.15) is 18.9 Å². The first-order valence-corrected chi connectivity index (χ1v) is 6.53. The predicted octanol–water partition coefficient (Wildman–Crippen LogP) is 1.55. The van der Waals surface area contributed by atoms with Gasteiger partial charge in [0.2, 0.25) is 11.8 Å². The summed E-state index contributed by atoms with van der Waals surface area (Å²) >= 11 is 5.12. The molecule has 1 aliphatic heterocycles. The van der Waals surface area contributed by atoms with Crippen molar-refractivity contribution in [2.75, 3.05) is 14.1 Å². The fraction of sp³-hybridized carbons (Fsp3) is 0.357. The molecule has 1 fully saturated rings. The minimum Gasteiger partial charge on any atom is -0.291 e. The van der Waals surface area contributed by atoms with Crippen molar-refractivity contribution in [1.82, 2.24) is 9.80 Å². The highest BCUT2D eigenvalue weighted by atomic mass is 32.1. The molecule has 0 bridgehead atoms. The average molecular weight is 276 g/mol. The molecule has 0 N–H and O–H groups in total. The van der Waals surface area contributed by atoms with E-state index in [4.69, 9.17) is 12.2 Å². The number of hydrogen-bond acceptors (Lipinski definition) is 3. The summed E-state index contributed by atoms with van der Waals surface area (Å²) in [7, 11) is 3.22. The Morgan fingerprint density at radius 1 is 1.05 bits per heavy atom. The van der Waals surface area contributed by atoms with Gasteiger partial charge in [-0.1, -0.05) is 37.3 Å². The number of carbonyl (C=O) groups is 2. The third-order valence-electron chi connectivity index (χ3n) is 3.71. The van der Waals surface area contributed by atoms with Crippen molar-refractivity contribution in [3.63, 3.8) is 0 Å². The number of amides is 2. The molecule has 0 spiro atoms. The van der Waals surface area contributed by atoms with Crippen molar-refractivity contribution >= 4 is 29.1 Å². The third-order valence-corrected chi connectivity index (χ3v) is 4.26. The molecule has 0 aromatic heterocycles. The van der Waals surface area contributed by atoms with Gasteiger partial charge in [0.1, 0.15) is 0 Å². The number of rotatable bonds is 2. The van der Waals surface area contributed by atoms with Crippen LogP contribution in [0, 0.1) is 0 Å². The molecule has 100 valence electrons. The lowest BCUT2D eigenvalue weighted by molar-refractivity contribution is -0.148. The van der Waals surface area contributed by atoms with Gasteiger partial charge in [0.25, 0.3) is 0 Å². The van der Waals surface area contributed by atoms with E-state index in [9.17, 15) is 9.59 Å². The third kappa shape index (κ3) is 1.76. The van der Waals surface area contributed by atoms with Gasteiger partial charge in [0, 0.05) is 14.1 Å². The quantitative estimate of drug-likeness (QED) is 0.608. The average Bonchev–Trinajstić information content (AvgIpc) is 2.45. The summed E-state index contributed by atoms with van der Waals surface area (Å²) in [6, 6.07) is 9.16. The lowest BCUT2D eigenvalue weighted by Crippen LogP contribution is -2.64. The van der Waals surface area contributed by atoms with Crippen molar-refractivity contribution < 1.29 is 9.59 Å². The summed E-state index contributed by atoms with van der Waals surface area (Å²) in [6.07, 6.45) is 0.409. The van der Waals surface area contributed by atoms with E-state index in [1.807, 2.05) is 37.3 Å². The first-order valence-electron chi connectivity index (χ1n) is 6.12. The standard InChI is InChI=1S/C14H16N2O2S/c1-4-14(10-8-6-5-7-9-10)11(17)15(2)13(19)16(3)12(14)18/h5-9H,4H2,1-3H3. The highest BCUT2D eigenvalue weighted by Gasteiger charge is 2.53. The van der Waals surface area contributed by atoms with Gasteiger partial charge < -0.3 is 0 Å². The highest BCUT2D eigenvalue weighted by Crippen LogP contribution is 2.35. The molecule has 1 aromatic carbocycles. The summed E-state index contributed by atoms with van der Waals surface area (Å²) in [6.45, 7) is 1.85. The number of likely N-dealkylation sites (N-methyl/N-ethyl adjacent to an activating group) is 2. The van der Waals surface area contributed by atoms with Gasteiger partial charge in [-0.2, -0.15) is 0 Å². The van der Waals surface area contributed by atoms with E-state index in [0.29, 0.717) is 12.0 Å². The Hall–Kier alpha value is -1.75. The topological polar surface area (TPSA) is 40.6 Å². The van der Waals surface area contributed by atoms with Crippen LogP contribution in [-0.4, -0.2) is 40.8 Å². The van der Waals surface area contributed by atoms with Crippen LogP contribution in [0.4, 0.5) is 0 Å². The number of hydrogen-bond donors (Lipinski definition) is 0. The Labute approximate surface area is 118 Å². The molecule has 5 heteroatoms. The molecule has 2 amide bonds. The SMILES string of the molecule is CCC1(c2ccccc2)C(=O)N(C)C(=S)N(C)C1=O. The molecule has 1 saturated heterocycles. The van der Waals surface area contributed by atoms with E-state index in [0.717, 1.165) is 0 Å². The summed E-state index contributed by atoms with van der Waals surface area (Å²) in [5.74, 6) is -0.511. The Bertz CT molecular complexity index is 518. The van der Waals surface area contributed by atoms with Crippen molar-refractivity contribution in [2.24, 2.45) is 0 Å². The van der Waals surface area contributed by atoms with Crippen LogP contribution in [0.25, 0.3) is 0 Å². The second-order valence-corrected chi connectivity index (χ2v) is 5.00. The second kappa shape index (κ2) is 4.74. The largest absolute Gasteiger partial charge is 0.291 e. The molecule has 1 aromatic rings. The lowest BCUT2D eigenvalue weighted by Gasteiger charge is -2.43. The molecule has 2 rings (SSSR count).